The van der Waals surface area contributed by atoms with Gasteiger partial charge in [-0.25, -0.2) is 9.78 Å². The fourth-order valence-electron chi connectivity index (χ4n) is 1.33. The minimum Gasteiger partial charge on any atom is -0.479 e. The summed E-state index contributed by atoms with van der Waals surface area (Å²) in [7, 11) is 3.01. The van der Waals surface area contributed by atoms with Gasteiger partial charge < -0.3 is 4.74 Å². The lowest BCUT2D eigenvalue weighted by Gasteiger charge is -2.00. The van der Waals surface area contributed by atoms with Crippen LogP contribution in [0, 0.1) is 0 Å². The molecule has 0 amide bonds. The third kappa shape index (κ3) is 1.95. The van der Waals surface area contributed by atoms with E-state index < -0.39 is 0 Å². The van der Waals surface area contributed by atoms with Crippen LogP contribution >= 0.6 is 11.8 Å². The van der Waals surface area contributed by atoms with E-state index in [0.29, 0.717) is 5.52 Å². The molecule has 8 heteroatoms. The highest BCUT2D eigenvalue weighted by Crippen LogP contribution is 2.22. The second-order valence-electron chi connectivity index (χ2n) is 3.07. The molecule has 0 aliphatic rings. The van der Waals surface area contributed by atoms with Crippen LogP contribution in [0.1, 0.15) is 0 Å². The van der Waals surface area contributed by atoms with Crippen LogP contribution in [0.4, 0.5) is 0 Å². The van der Waals surface area contributed by atoms with Gasteiger partial charge in [0.15, 0.2) is 10.7 Å². The van der Waals surface area contributed by atoms with E-state index in [9.17, 15) is 9.59 Å². The molecule has 0 unspecified atom stereocenters. The van der Waals surface area contributed by atoms with E-state index in [4.69, 9.17) is 4.74 Å². The highest BCUT2D eigenvalue weighted by molar-refractivity contribution is 8.02. The highest BCUT2D eigenvalue weighted by atomic mass is 32.2. The van der Waals surface area contributed by atoms with Gasteiger partial charge in [0.2, 0.25) is 5.88 Å². The molecular weight excluding hydrogens is 244 g/mol. The number of nitrogens with one attached hydrogen (secondary N) is 1. The monoisotopic (exact) mass is 252 g/mol. The first-order chi connectivity index (χ1) is 8.17. The van der Waals surface area contributed by atoms with E-state index in [-0.39, 0.29) is 22.1 Å². The van der Waals surface area contributed by atoms with E-state index >= 15 is 0 Å². The molecule has 0 bridgehead atoms. The Labute approximate surface area is 99.5 Å². The zero-order chi connectivity index (χ0) is 12.4. The lowest BCUT2D eigenvalue weighted by molar-refractivity contribution is 0.397. The molecule has 0 aliphatic heterocycles. The molecule has 2 heterocycles. The zero-order valence-electron chi connectivity index (χ0n) is 9.05. The van der Waals surface area contributed by atoms with Crippen molar-refractivity contribution in [1.29, 1.82) is 0 Å². The molecule has 2 aromatic heterocycles. The minimum absolute atomic E-state index is 0.223. The number of aromatic amines is 1. The molecule has 0 radical (unpaired) electrons. The van der Waals surface area contributed by atoms with Crippen LogP contribution in [0.5, 0.6) is 5.88 Å². The van der Waals surface area contributed by atoms with Crippen molar-refractivity contribution >= 4 is 28.7 Å². The first-order valence-corrected chi connectivity index (χ1v) is 5.42. The van der Waals surface area contributed by atoms with Gasteiger partial charge in [-0.1, -0.05) is 0 Å². The molecule has 0 aliphatic carbocycles. The number of fused-ring (bicyclic) bond motifs is 1. The average Bonchev–Trinajstić information content (AvgIpc) is 2.62. The van der Waals surface area contributed by atoms with Gasteiger partial charge in [0.05, 0.1) is 12.5 Å². The van der Waals surface area contributed by atoms with Gasteiger partial charge in [0.25, 0.3) is 5.56 Å². The third-order valence-electron chi connectivity index (χ3n) is 2.05. The summed E-state index contributed by atoms with van der Waals surface area (Å²) in [5.74, 6) is 1.86. The third-order valence-corrected chi connectivity index (χ3v) is 2.66. The van der Waals surface area contributed by atoms with Crippen molar-refractivity contribution in [2.24, 2.45) is 7.05 Å². The number of hydrogen-bond donors (Lipinski definition) is 1. The predicted molar refractivity (Wildman–Crippen MR) is 61.8 cm³/mol. The number of thioether (sulfide) groups is 1. The Morgan fingerprint density at radius 1 is 1.53 bits per heavy atom. The average molecular weight is 252 g/mol. The lowest BCUT2D eigenvalue weighted by Crippen LogP contribution is -2.12. The topological polar surface area (TPSA) is 89.9 Å². The van der Waals surface area contributed by atoms with Gasteiger partial charge in [-0.2, -0.15) is 4.98 Å². The Bertz CT molecular complexity index is 669. The first-order valence-electron chi connectivity index (χ1n) is 4.54. The second kappa shape index (κ2) is 4.44. The lowest BCUT2D eigenvalue weighted by atomic mass is 10.4. The summed E-state index contributed by atoms with van der Waals surface area (Å²) >= 11 is 0.970. The molecule has 88 valence electrons. The van der Waals surface area contributed by atoms with Crippen molar-refractivity contribution in [2.45, 2.75) is 5.16 Å². The fraction of sp³-hybridized carbons (Fsp3) is 0.222. The van der Waals surface area contributed by atoms with Crippen LogP contribution in [-0.4, -0.2) is 32.8 Å². The van der Waals surface area contributed by atoms with E-state index in [1.807, 2.05) is 0 Å². The maximum absolute atomic E-state index is 11.7. The number of hydrogen-bond acceptors (Lipinski definition) is 6. The van der Waals surface area contributed by atoms with Crippen molar-refractivity contribution in [1.82, 2.24) is 19.7 Å². The van der Waals surface area contributed by atoms with Crippen molar-refractivity contribution in [3.63, 3.8) is 0 Å². The highest BCUT2D eigenvalue weighted by Gasteiger charge is 2.14. The Morgan fingerprint density at radius 2 is 2.29 bits per heavy atom. The minimum atomic E-state index is -0.280. The number of aryl methyl sites for hydroxylation is 1. The molecule has 0 atom stereocenters. The molecule has 0 saturated carbocycles. The number of nitrogens with zero attached hydrogens (tertiary/aromatic N) is 3. The largest absolute Gasteiger partial charge is 0.479 e. The quantitative estimate of drug-likeness (QED) is 0.473. The SMILES string of the molecule is COc1nc(SC=C=O)nc2c(=O)n(C)[nH]c12. The summed E-state index contributed by atoms with van der Waals surface area (Å²) < 4.78 is 6.34. The van der Waals surface area contributed by atoms with E-state index in [1.165, 1.54) is 11.8 Å². The Kier molecular flexibility index (Phi) is 2.99. The zero-order valence-corrected chi connectivity index (χ0v) is 9.87. The summed E-state index contributed by atoms with van der Waals surface area (Å²) in [5.41, 5.74) is 0.373. The van der Waals surface area contributed by atoms with E-state index in [1.54, 1.807) is 13.0 Å². The molecule has 0 fully saturated rings. The Morgan fingerprint density at radius 3 is 2.94 bits per heavy atom. The number of aromatic nitrogens is 4. The van der Waals surface area contributed by atoms with Crippen LogP contribution in [0.3, 0.4) is 0 Å². The van der Waals surface area contributed by atoms with E-state index in [2.05, 4.69) is 15.1 Å². The first kappa shape index (κ1) is 11.4. The predicted octanol–water partition coefficient (Wildman–Crippen LogP) is 0.103. The molecule has 7 nitrogen and oxygen atoms in total. The molecule has 2 aromatic rings. The molecule has 0 aromatic carbocycles. The van der Waals surface area contributed by atoms with Gasteiger partial charge in [-0.3, -0.25) is 14.6 Å². The summed E-state index contributed by atoms with van der Waals surface area (Å²) in [5, 5.41) is 4.21. The number of ether oxygens (including phenoxy) is 1. The Balaban J connectivity index is 2.71. The maximum Gasteiger partial charge on any atom is 0.293 e. The molecule has 0 saturated heterocycles. The van der Waals surface area contributed by atoms with Crippen LogP contribution in [0.25, 0.3) is 11.0 Å². The van der Waals surface area contributed by atoms with Crippen LogP contribution < -0.4 is 10.3 Å². The maximum atomic E-state index is 11.7. The normalized spacial score (nSPS) is 10.2. The molecule has 1 N–H and O–H groups in total. The van der Waals surface area contributed by atoms with Gasteiger partial charge >= 0.3 is 0 Å². The van der Waals surface area contributed by atoms with Gasteiger partial charge in [0, 0.05) is 7.05 Å². The number of carbonyl (C=O) groups excluding carboxylic acids is 1. The second-order valence-corrected chi connectivity index (χ2v) is 3.91. The van der Waals surface area contributed by atoms with Gasteiger partial charge in [-0.15, -0.1) is 0 Å². The molecule has 0 spiro atoms. The summed E-state index contributed by atoms with van der Waals surface area (Å²) in [4.78, 5) is 29.9. The fourth-order valence-corrected chi connectivity index (χ4v) is 1.76. The van der Waals surface area contributed by atoms with Crippen molar-refractivity contribution in [2.75, 3.05) is 7.11 Å². The number of rotatable bonds is 3. The summed E-state index contributed by atoms with van der Waals surface area (Å²) in [6.07, 6.45) is 0. The van der Waals surface area contributed by atoms with Crippen LogP contribution in [-0.2, 0) is 11.8 Å². The molecule has 2 rings (SSSR count). The molecular formula is C9H8N4O3S. The van der Waals surface area contributed by atoms with Gasteiger partial charge in [0.1, 0.15) is 11.5 Å². The Hall–Kier alpha value is -2.05. The summed E-state index contributed by atoms with van der Waals surface area (Å²) in [6.45, 7) is 0. The van der Waals surface area contributed by atoms with Crippen molar-refractivity contribution in [3.8, 4) is 5.88 Å². The number of methoxy groups -OCH3 is 1. The van der Waals surface area contributed by atoms with Gasteiger partial charge in [-0.05, 0) is 11.8 Å². The molecule has 17 heavy (non-hydrogen) atoms. The van der Waals surface area contributed by atoms with Crippen molar-refractivity contribution < 1.29 is 9.53 Å². The summed E-state index contributed by atoms with van der Waals surface area (Å²) in [6, 6.07) is 0. The van der Waals surface area contributed by atoms with Crippen LogP contribution in [0.2, 0.25) is 0 Å². The van der Waals surface area contributed by atoms with E-state index in [0.717, 1.165) is 17.2 Å². The van der Waals surface area contributed by atoms with Crippen molar-refractivity contribution in [3.05, 3.63) is 15.8 Å². The smallest absolute Gasteiger partial charge is 0.293 e. The van der Waals surface area contributed by atoms with Crippen LogP contribution in [0.15, 0.2) is 15.4 Å². The number of H-pyrrole nitrogens is 1. The standard InChI is InChI=1S/C9H8N4O3S/c1-13-8(15)6-5(12-13)7(16-2)11-9(10-6)17-4-3-14/h4,12H,1-2H3.